The van der Waals surface area contributed by atoms with E-state index in [1.54, 1.807) is 12.1 Å². The lowest BCUT2D eigenvalue weighted by Gasteiger charge is -2.07. The van der Waals surface area contributed by atoms with Crippen molar-refractivity contribution in [2.24, 2.45) is 0 Å². The maximum atomic E-state index is 12.4. The second-order valence-electron chi connectivity index (χ2n) is 6.84. The van der Waals surface area contributed by atoms with Gasteiger partial charge in [-0.2, -0.15) is 5.10 Å². The Morgan fingerprint density at radius 3 is 2.44 bits per heavy atom. The molecule has 0 amide bonds. The summed E-state index contributed by atoms with van der Waals surface area (Å²) in [6, 6.07) is 13.5. The summed E-state index contributed by atoms with van der Waals surface area (Å²) < 4.78 is 27.5. The summed E-state index contributed by atoms with van der Waals surface area (Å²) in [7, 11) is -3.54. The van der Waals surface area contributed by atoms with Gasteiger partial charge in [0.05, 0.1) is 4.90 Å². The molecule has 6 nitrogen and oxygen atoms in total. The Morgan fingerprint density at radius 2 is 1.74 bits per heavy atom. The standard InChI is InChI=1S/C20H24N4O2S/c1-14-5-4-6-17(10-14)13-20-22-19(23-24-20)7-8-21-27(25,26)18-11-15(2)9-16(3)12-18/h4-6,9-12,21H,7-8,13H2,1-3H3,(H,22,23,24). The third-order valence-electron chi connectivity index (χ3n) is 4.18. The van der Waals surface area contributed by atoms with E-state index in [1.807, 2.05) is 32.0 Å². The number of aromatic amines is 1. The monoisotopic (exact) mass is 384 g/mol. The number of hydrogen-bond acceptors (Lipinski definition) is 4. The van der Waals surface area contributed by atoms with Crippen LogP contribution in [-0.4, -0.2) is 30.1 Å². The second kappa shape index (κ2) is 8.02. The fourth-order valence-corrected chi connectivity index (χ4v) is 4.23. The molecule has 0 radical (unpaired) electrons. The van der Waals surface area contributed by atoms with Crippen molar-refractivity contribution in [1.82, 2.24) is 19.9 Å². The second-order valence-corrected chi connectivity index (χ2v) is 8.60. The van der Waals surface area contributed by atoms with Crippen LogP contribution in [0.2, 0.25) is 0 Å². The van der Waals surface area contributed by atoms with Gasteiger partial charge >= 0.3 is 0 Å². The van der Waals surface area contributed by atoms with Gasteiger partial charge in [-0.15, -0.1) is 0 Å². The predicted octanol–water partition coefficient (Wildman–Crippen LogP) is 2.84. The van der Waals surface area contributed by atoms with E-state index in [-0.39, 0.29) is 11.4 Å². The molecule has 7 heteroatoms. The lowest BCUT2D eigenvalue weighted by atomic mass is 10.1. The first-order valence-electron chi connectivity index (χ1n) is 8.85. The quantitative estimate of drug-likeness (QED) is 0.656. The van der Waals surface area contributed by atoms with Gasteiger partial charge in [0.1, 0.15) is 5.82 Å². The van der Waals surface area contributed by atoms with Gasteiger partial charge < -0.3 is 0 Å². The highest BCUT2D eigenvalue weighted by Crippen LogP contribution is 2.14. The third kappa shape index (κ3) is 5.24. The fourth-order valence-electron chi connectivity index (χ4n) is 3.01. The van der Waals surface area contributed by atoms with Crippen molar-refractivity contribution < 1.29 is 8.42 Å². The maximum Gasteiger partial charge on any atom is 0.240 e. The van der Waals surface area contributed by atoms with Gasteiger partial charge in [-0.05, 0) is 49.6 Å². The van der Waals surface area contributed by atoms with Crippen LogP contribution < -0.4 is 4.72 Å². The first-order chi connectivity index (χ1) is 12.8. The van der Waals surface area contributed by atoms with Crippen molar-refractivity contribution >= 4 is 10.0 Å². The molecule has 3 rings (SSSR count). The zero-order valence-electron chi connectivity index (χ0n) is 15.8. The molecule has 3 aromatic rings. The summed E-state index contributed by atoms with van der Waals surface area (Å²) in [6.45, 7) is 6.07. The van der Waals surface area contributed by atoms with Gasteiger partial charge in [0.15, 0.2) is 5.82 Å². The van der Waals surface area contributed by atoms with Gasteiger partial charge in [0.25, 0.3) is 0 Å². The lowest BCUT2D eigenvalue weighted by Crippen LogP contribution is -2.26. The minimum Gasteiger partial charge on any atom is -0.263 e. The molecule has 0 spiro atoms. The highest BCUT2D eigenvalue weighted by atomic mass is 32.2. The molecule has 0 aliphatic carbocycles. The van der Waals surface area contributed by atoms with Crippen LogP contribution in [0, 0.1) is 20.8 Å². The van der Waals surface area contributed by atoms with Gasteiger partial charge in [-0.1, -0.05) is 35.9 Å². The molecule has 0 unspecified atom stereocenters. The van der Waals surface area contributed by atoms with E-state index in [2.05, 4.69) is 39.0 Å². The number of rotatable bonds is 7. The first-order valence-corrected chi connectivity index (χ1v) is 10.3. The summed E-state index contributed by atoms with van der Waals surface area (Å²) in [6.07, 6.45) is 1.09. The van der Waals surface area contributed by atoms with Crippen LogP contribution in [0.5, 0.6) is 0 Å². The summed E-state index contributed by atoms with van der Waals surface area (Å²) in [5.41, 5.74) is 4.21. The van der Waals surface area contributed by atoms with Crippen molar-refractivity contribution in [3.8, 4) is 0 Å². The molecule has 2 aromatic carbocycles. The minimum absolute atomic E-state index is 0.247. The molecule has 0 fully saturated rings. The van der Waals surface area contributed by atoms with Crippen molar-refractivity contribution in [3.05, 3.63) is 76.4 Å². The van der Waals surface area contributed by atoms with Crippen molar-refractivity contribution in [2.75, 3.05) is 6.54 Å². The number of aromatic nitrogens is 3. The van der Waals surface area contributed by atoms with Gasteiger partial charge in [0, 0.05) is 19.4 Å². The smallest absolute Gasteiger partial charge is 0.240 e. The minimum atomic E-state index is -3.54. The molecule has 0 saturated carbocycles. The normalized spacial score (nSPS) is 11.7. The number of aryl methyl sites for hydroxylation is 3. The van der Waals surface area contributed by atoms with E-state index in [9.17, 15) is 8.42 Å². The molecule has 0 bridgehead atoms. The molecule has 2 N–H and O–H groups in total. The Balaban J connectivity index is 1.58. The predicted molar refractivity (Wildman–Crippen MR) is 105 cm³/mol. The van der Waals surface area contributed by atoms with Gasteiger partial charge in [-0.25, -0.2) is 18.1 Å². The van der Waals surface area contributed by atoms with Crippen LogP contribution in [0.1, 0.15) is 33.9 Å². The van der Waals surface area contributed by atoms with Crippen LogP contribution in [-0.2, 0) is 22.9 Å². The van der Waals surface area contributed by atoms with E-state index in [0.29, 0.717) is 18.7 Å². The number of H-pyrrole nitrogens is 1. The average molecular weight is 385 g/mol. The van der Waals surface area contributed by atoms with Crippen LogP contribution >= 0.6 is 0 Å². The number of sulfonamides is 1. The van der Waals surface area contributed by atoms with Crippen LogP contribution in [0.3, 0.4) is 0 Å². The maximum absolute atomic E-state index is 12.4. The summed E-state index contributed by atoms with van der Waals surface area (Å²) in [4.78, 5) is 4.74. The number of benzene rings is 2. The molecule has 0 saturated heterocycles. The topological polar surface area (TPSA) is 87.7 Å². The zero-order chi connectivity index (χ0) is 19.4. The summed E-state index contributed by atoms with van der Waals surface area (Å²) >= 11 is 0. The Kier molecular flexibility index (Phi) is 5.72. The van der Waals surface area contributed by atoms with E-state index in [1.165, 1.54) is 5.56 Å². The Hall–Kier alpha value is -2.51. The van der Waals surface area contributed by atoms with E-state index >= 15 is 0 Å². The van der Waals surface area contributed by atoms with Crippen LogP contribution in [0.25, 0.3) is 0 Å². The van der Waals surface area contributed by atoms with Gasteiger partial charge in [-0.3, -0.25) is 5.10 Å². The lowest BCUT2D eigenvalue weighted by molar-refractivity contribution is 0.580. The molecule has 0 aliphatic heterocycles. The molecule has 0 aliphatic rings. The largest absolute Gasteiger partial charge is 0.263 e. The molecule has 27 heavy (non-hydrogen) atoms. The van der Waals surface area contributed by atoms with E-state index < -0.39 is 10.0 Å². The number of nitrogens with zero attached hydrogens (tertiary/aromatic N) is 2. The van der Waals surface area contributed by atoms with Crippen molar-refractivity contribution in [1.29, 1.82) is 0 Å². The first kappa shape index (κ1) is 19.3. The fraction of sp³-hybridized carbons (Fsp3) is 0.300. The van der Waals surface area contributed by atoms with E-state index in [0.717, 1.165) is 22.5 Å². The van der Waals surface area contributed by atoms with E-state index in [4.69, 9.17) is 0 Å². The Bertz CT molecular complexity index is 1020. The molecule has 0 atom stereocenters. The molecule has 1 aromatic heterocycles. The third-order valence-corrected chi connectivity index (χ3v) is 5.62. The average Bonchev–Trinajstić information content (AvgIpc) is 3.01. The van der Waals surface area contributed by atoms with Crippen molar-refractivity contribution in [2.45, 2.75) is 38.5 Å². The Morgan fingerprint density at radius 1 is 1.00 bits per heavy atom. The van der Waals surface area contributed by atoms with Gasteiger partial charge in [0.2, 0.25) is 10.0 Å². The molecular formula is C20H24N4O2S. The summed E-state index contributed by atoms with van der Waals surface area (Å²) in [5, 5.41) is 7.11. The molecular weight excluding hydrogens is 360 g/mol. The highest BCUT2D eigenvalue weighted by Gasteiger charge is 2.15. The zero-order valence-corrected chi connectivity index (χ0v) is 16.6. The van der Waals surface area contributed by atoms with Crippen LogP contribution in [0.4, 0.5) is 0 Å². The molecule has 142 valence electrons. The number of nitrogens with one attached hydrogen (secondary N) is 2. The number of hydrogen-bond donors (Lipinski definition) is 2. The SMILES string of the molecule is Cc1cccc(Cc2nc(CCNS(=O)(=O)c3cc(C)cc(C)c3)n[nH]2)c1. The highest BCUT2D eigenvalue weighted by molar-refractivity contribution is 7.89. The molecule has 1 heterocycles. The Labute approximate surface area is 160 Å². The summed E-state index contributed by atoms with van der Waals surface area (Å²) in [5.74, 6) is 1.37. The van der Waals surface area contributed by atoms with Crippen molar-refractivity contribution in [3.63, 3.8) is 0 Å². The van der Waals surface area contributed by atoms with Crippen LogP contribution in [0.15, 0.2) is 47.4 Å².